The van der Waals surface area contributed by atoms with E-state index in [0.717, 1.165) is 0 Å². The zero-order valence-corrected chi connectivity index (χ0v) is 31.2. The summed E-state index contributed by atoms with van der Waals surface area (Å²) in [6.07, 6.45) is 0. The van der Waals surface area contributed by atoms with Gasteiger partial charge in [0.1, 0.15) is 0 Å². The molecule has 1 aliphatic rings. The van der Waals surface area contributed by atoms with Gasteiger partial charge in [-0.3, -0.25) is 0 Å². The van der Waals surface area contributed by atoms with Crippen molar-refractivity contribution in [3.8, 4) is 66.8 Å². The minimum absolute atomic E-state index is 0.306. The fourth-order valence-electron chi connectivity index (χ4n) is 9.53. The first-order chi connectivity index (χ1) is 27.7. The summed E-state index contributed by atoms with van der Waals surface area (Å²) in [6, 6.07) is 76.4. The average molecular weight is 711 g/mol. The van der Waals surface area contributed by atoms with Crippen LogP contribution in [0.25, 0.3) is 99.1 Å². The van der Waals surface area contributed by atoms with Gasteiger partial charge < -0.3 is 0 Å². The molecule has 262 valence electrons. The molecule has 0 radical (unpaired) electrons. The molecule has 0 nitrogen and oxygen atoms in total. The van der Waals surface area contributed by atoms with Crippen LogP contribution in [-0.4, -0.2) is 0 Å². The monoisotopic (exact) mass is 710 g/mol. The maximum atomic E-state index is 2.53. The number of hydrogen-bond acceptors (Lipinski definition) is 0. The lowest BCUT2D eigenvalue weighted by atomic mass is 9.81. The molecular weight excluding hydrogens is 673 g/mol. The highest BCUT2D eigenvalue weighted by molar-refractivity contribution is 6.25. The Bertz CT molecular complexity index is 3120. The Morgan fingerprint density at radius 1 is 0.250 bits per heavy atom. The van der Waals surface area contributed by atoms with Gasteiger partial charge in [-0.1, -0.05) is 195 Å². The molecule has 1 aliphatic carbocycles. The summed E-state index contributed by atoms with van der Waals surface area (Å²) in [6.45, 7) is 2.37. The van der Waals surface area contributed by atoms with Gasteiger partial charge in [-0.05, 0) is 128 Å². The van der Waals surface area contributed by atoms with E-state index < -0.39 is 0 Å². The van der Waals surface area contributed by atoms with E-state index in [0.29, 0.717) is 5.92 Å². The third-order valence-corrected chi connectivity index (χ3v) is 12.1. The van der Waals surface area contributed by atoms with Crippen LogP contribution >= 0.6 is 0 Å². The second-order valence-electron chi connectivity index (χ2n) is 15.2. The molecule has 0 aliphatic heterocycles. The van der Waals surface area contributed by atoms with Crippen LogP contribution in [0.5, 0.6) is 0 Å². The van der Waals surface area contributed by atoms with E-state index in [-0.39, 0.29) is 0 Å². The topological polar surface area (TPSA) is 0 Å². The Hall–Kier alpha value is -7.02. The normalized spacial score (nSPS) is 13.3. The first kappa shape index (κ1) is 32.4. The van der Waals surface area contributed by atoms with E-state index in [1.165, 1.54) is 110 Å². The molecule has 0 bridgehead atoms. The summed E-state index contributed by atoms with van der Waals surface area (Å²) >= 11 is 0. The second-order valence-corrected chi connectivity index (χ2v) is 15.2. The molecule has 0 saturated carbocycles. The van der Waals surface area contributed by atoms with Crippen molar-refractivity contribution < 1.29 is 0 Å². The molecule has 0 spiro atoms. The van der Waals surface area contributed by atoms with E-state index in [1.807, 2.05) is 0 Å². The van der Waals surface area contributed by atoms with E-state index in [2.05, 4.69) is 213 Å². The fraction of sp³-hybridized carbons (Fsp3) is 0.0357. The highest BCUT2D eigenvalue weighted by Gasteiger charge is 2.29. The molecule has 1 atom stereocenters. The lowest BCUT2D eigenvalue weighted by molar-refractivity contribution is 0.958. The van der Waals surface area contributed by atoms with Crippen LogP contribution in [-0.2, 0) is 0 Å². The third-order valence-electron chi connectivity index (χ3n) is 12.1. The van der Waals surface area contributed by atoms with Gasteiger partial charge in [-0.15, -0.1) is 0 Å². The molecule has 11 rings (SSSR count). The first-order valence-corrected chi connectivity index (χ1v) is 19.7. The SMILES string of the molecule is CC1c2ccccc2-c2c1cc(-c1c3ccccc3c(-c3ccc(-c4ccccc4)c(-c4ccccc4)c3)c3ccc(-c4ccccc4)cc13)c1ccccc21. The van der Waals surface area contributed by atoms with Gasteiger partial charge in [0.2, 0.25) is 0 Å². The van der Waals surface area contributed by atoms with Gasteiger partial charge in [-0.25, -0.2) is 0 Å². The van der Waals surface area contributed by atoms with Crippen LogP contribution in [0, 0.1) is 0 Å². The van der Waals surface area contributed by atoms with Crippen molar-refractivity contribution in [3.63, 3.8) is 0 Å². The van der Waals surface area contributed by atoms with Crippen LogP contribution in [0.3, 0.4) is 0 Å². The van der Waals surface area contributed by atoms with Gasteiger partial charge in [0, 0.05) is 5.92 Å². The largest absolute Gasteiger partial charge is 0.0622 e. The van der Waals surface area contributed by atoms with E-state index in [9.17, 15) is 0 Å². The predicted molar refractivity (Wildman–Crippen MR) is 239 cm³/mol. The van der Waals surface area contributed by atoms with Crippen LogP contribution < -0.4 is 0 Å². The fourth-order valence-corrected chi connectivity index (χ4v) is 9.53. The molecular formula is C56H38. The highest BCUT2D eigenvalue weighted by Crippen LogP contribution is 2.53. The molecule has 1 unspecified atom stereocenters. The Labute approximate surface area is 328 Å². The summed E-state index contributed by atoms with van der Waals surface area (Å²) in [4.78, 5) is 0. The molecule has 0 heterocycles. The van der Waals surface area contributed by atoms with Crippen LogP contribution in [0.15, 0.2) is 206 Å². The second kappa shape index (κ2) is 13.1. The molecule has 0 heteroatoms. The van der Waals surface area contributed by atoms with Crippen LogP contribution in [0.4, 0.5) is 0 Å². The van der Waals surface area contributed by atoms with Crippen molar-refractivity contribution in [3.05, 3.63) is 217 Å². The molecule has 0 N–H and O–H groups in total. The Morgan fingerprint density at radius 2 is 0.768 bits per heavy atom. The van der Waals surface area contributed by atoms with Gasteiger partial charge in [0.15, 0.2) is 0 Å². The van der Waals surface area contributed by atoms with E-state index in [4.69, 9.17) is 0 Å². The molecule has 0 fully saturated rings. The van der Waals surface area contributed by atoms with Crippen LogP contribution in [0.2, 0.25) is 0 Å². The standard InChI is InChI=1S/C56H38/c1-36-42-23-11-13-25-45(42)55-46-26-14-12-24-44(46)53(35-50(36)55)56-48-28-16-15-27-47(48)54(49-32-29-40(33-52(49)56)37-17-5-2-6-18-37)41-30-31-43(38-19-7-3-8-20-38)51(34-41)39-21-9-4-10-22-39/h2-36H,1H3. The number of hydrogen-bond donors (Lipinski definition) is 0. The molecule has 0 saturated heterocycles. The van der Waals surface area contributed by atoms with Crippen molar-refractivity contribution in [1.29, 1.82) is 0 Å². The predicted octanol–water partition coefficient (Wildman–Crippen LogP) is 15.6. The summed E-state index contributed by atoms with van der Waals surface area (Å²) < 4.78 is 0. The van der Waals surface area contributed by atoms with Crippen molar-refractivity contribution >= 4 is 32.3 Å². The molecule has 10 aromatic rings. The maximum Gasteiger partial charge on any atom is 0.00737 e. The van der Waals surface area contributed by atoms with Gasteiger partial charge in [0.05, 0.1) is 0 Å². The van der Waals surface area contributed by atoms with Gasteiger partial charge in [0.25, 0.3) is 0 Å². The molecule has 0 aromatic heterocycles. The number of rotatable bonds is 5. The minimum atomic E-state index is 0.306. The van der Waals surface area contributed by atoms with Crippen molar-refractivity contribution in [2.24, 2.45) is 0 Å². The van der Waals surface area contributed by atoms with Crippen molar-refractivity contribution in [2.45, 2.75) is 12.8 Å². The summed E-state index contributed by atoms with van der Waals surface area (Å²) in [5, 5.41) is 7.66. The first-order valence-electron chi connectivity index (χ1n) is 19.7. The third kappa shape index (κ3) is 5.07. The quantitative estimate of drug-likeness (QED) is 0.156. The molecule has 56 heavy (non-hydrogen) atoms. The molecule has 0 amide bonds. The highest BCUT2D eigenvalue weighted by atomic mass is 14.3. The van der Waals surface area contributed by atoms with Crippen molar-refractivity contribution in [1.82, 2.24) is 0 Å². The Morgan fingerprint density at radius 3 is 1.46 bits per heavy atom. The molecule has 10 aromatic carbocycles. The Kier molecular flexibility index (Phi) is 7.57. The minimum Gasteiger partial charge on any atom is -0.0622 e. The van der Waals surface area contributed by atoms with Gasteiger partial charge in [-0.2, -0.15) is 0 Å². The lowest BCUT2D eigenvalue weighted by Crippen LogP contribution is -1.96. The summed E-state index contributed by atoms with van der Waals surface area (Å²) in [5.74, 6) is 0.306. The van der Waals surface area contributed by atoms with E-state index in [1.54, 1.807) is 0 Å². The summed E-state index contributed by atoms with van der Waals surface area (Å²) in [5.41, 5.74) is 18.0. The number of fused-ring (bicyclic) bond motifs is 7. The van der Waals surface area contributed by atoms with Crippen LogP contribution in [0.1, 0.15) is 24.0 Å². The average Bonchev–Trinajstić information content (AvgIpc) is 3.57. The zero-order chi connectivity index (χ0) is 37.2. The Balaban J connectivity index is 1.26. The maximum absolute atomic E-state index is 2.53. The van der Waals surface area contributed by atoms with Crippen molar-refractivity contribution in [2.75, 3.05) is 0 Å². The smallest absolute Gasteiger partial charge is 0.00737 e. The van der Waals surface area contributed by atoms with Gasteiger partial charge >= 0.3 is 0 Å². The number of benzene rings is 10. The lowest BCUT2D eigenvalue weighted by Gasteiger charge is -2.22. The summed E-state index contributed by atoms with van der Waals surface area (Å²) in [7, 11) is 0. The zero-order valence-electron chi connectivity index (χ0n) is 31.2. The van der Waals surface area contributed by atoms with E-state index >= 15 is 0 Å².